The number of pyridine rings is 1. The number of aliphatic hydroxyl groups is 1. The van der Waals surface area contributed by atoms with Crippen LogP contribution in [0.2, 0.25) is 0 Å². The number of amides is 1. The summed E-state index contributed by atoms with van der Waals surface area (Å²) in [5.74, 6) is 0.643. The van der Waals surface area contributed by atoms with E-state index in [4.69, 9.17) is 0 Å². The van der Waals surface area contributed by atoms with Crippen LogP contribution in [-0.4, -0.2) is 46.6 Å². The maximum atomic E-state index is 12.4. The standard InChI is InChI=1S/C14H21N3O2/c1-2-8-15-13-7-3-6-12(16-13)14(19)17-9-4-5-11(17)10-18/h3,6-7,11,18H,2,4-5,8-10H2,1H3,(H,15,16). The molecule has 1 aliphatic rings. The maximum Gasteiger partial charge on any atom is 0.272 e. The van der Waals surface area contributed by atoms with E-state index in [2.05, 4.69) is 17.2 Å². The Labute approximate surface area is 113 Å². The Kier molecular flexibility index (Phi) is 4.74. The highest BCUT2D eigenvalue weighted by Gasteiger charge is 2.29. The normalized spacial score (nSPS) is 18.6. The zero-order valence-electron chi connectivity index (χ0n) is 11.3. The van der Waals surface area contributed by atoms with Gasteiger partial charge < -0.3 is 15.3 Å². The molecular weight excluding hydrogens is 242 g/mol. The summed E-state index contributed by atoms with van der Waals surface area (Å²) in [6, 6.07) is 5.37. The first-order chi connectivity index (χ1) is 9.26. The molecule has 1 aromatic heterocycles. The molecule has 1 atom stereocenters. The van der Waals surface area contributed by atoms with Crippen molar-refractivity contribution in [2.75, 3.05) is 25.0 Å². The fraction of sp³-hybridized carbons (Fsp3) is 0.571. The summed E-state index contributed by atoms with van der Waals surface area (Å²) in [4.78, 5) is 18.4. The molecule has 0 bridgehead atoms. The summed E-state index contributed by atoms with van der Waals surface area (Å²) < 4.78 is 0. The Balaban J connectivity index is 2.10. The largest absolute Gasteiger partial charge is 0.394 e. The molecule has 19 heavy (non-hydrogen) atoms. The average Bonchev–Trinajstić information content (AvgIpc) is 2.93. The molecule has 0 radical (unpaired) electrons. The van der Waals surface area contributed by atoms with Gasteiger partial charge in [0, 0.05) is 13.1 Å². The minimum atomic E-state index is -0.0864. The van der Waals surface area contributed by atoms with Crippen molar-refractivity contribution in [2.45, 2.75) is 32.2 Å². The van der Waals surface area contributed by atoms with E-state index in [-0.39, 0.29) is 18.6 Å². The third-order valence-corrected chi connectivity index (χ3v) is 3.37. The van der Waals surface area contributed by atoms with Gasteiger partial charge >= 0.3 is 0 Å². The number of nitrogens with zero attached hydrogens (tertiary/aromatic N) is 2. The molecule has 5 nitrogen and oxygen atoms in total. The van der Waals surface area contributed by atoms with Gasteiger partial charge in [0.15, 0.2) is 0 Å². The Bertz CT molecular complexity index is 436. The van der Waals surface area contributed by atoms with Crippen LogP contribution in [0.25, 0.3) is 0 Å². The van der Waals surface area contributed by atoms with Gasteiger partial charge in [-0.25, -0.2) is 4.98 Å². The van der Waals surface area contributed by atoms with E-state index in [9.17, 15) is 9.90 Å². The SMILES string of the molecule is CCCNc1cccc(C(=O)N2CCCC2CO)n1. The Morgan fingerprint density at radius 1 is 1.58 bits per heavy atom. The monoisotopic (exact) mass is 263 g/mol. The fourth-order valence-corrected chi connectivity index (χ4v) is 2.35. The number of hydrogen-bond donors (Lipinski definition) is 2. The molecule has 1 fully saturated rings. The molecule has 0 aliphatic carbocycles. The molecule has 5 heteroatoms. The van der Waals surface area contributed by atoms with E-state index in [0.717, 1.165) is 31.6 Å². The molecule has 1 unspecified atom stereocenters. The number of rotatable bonds is 5. The molecular formula is C14H21N3O2. The van der Waals surface area contributed by atoms with Crippen molar-refractivity contribution < 1.29 is 9.90 Å². The molecule has 104 valence electrons. The summed E-state index contributed by atoms with van der Waals surface area (Å²) >= 11 is 0. The number of aromatic nitrogens is 1. The second-order valence-electron chi connectivity index (χ2n) is 4.81. The first-order valence-electron chi connectivity index (χ1n) is 6.89. The molecule has 1 amide bonds. The lowest BCUT2D eigenvalue weighted by molar-refractivity contribution is 0.0672. The molecule has 1 aliphatic heterocycles. The van der Waals surface area contributed by atoms with E-state index >= 15 is 0 Å². The minimum absolute atomic E-state index is 0.0273. The summed E-state index contributed by atoms with van der Waals surface area (Å²) in [5, 5.41) is 12.5. The van der Waals surface area contributed by atoms with Crippen molar-refractivity contribution >= 4 is 11.7 Å². The number of nitrogens with one attached hydrogen (secondary N) is 1. The van der Waals surface area contributed by atoms with E-state index < -0.39 is 0 Å². The van der Waals surface area contributed by atoms with E-state index in [1.165, 1.54) is 0 Å². The number of likely N-dealkylation sites (tertiary alicyclic amines) is 1. The average molecular weight is 263 g/mol. The van der Waals surface area contributed by atoms with Gasteiger partial charge in [-0.15, -0.1) is 0 Å². The zero-order valence-corrected chi connectivity index (χ0v) is 11.3. The highest BCUT2D eigenvalue weighted by atomic mass is 16.3. The van der Waals surface area contributed by atoms with Gasteiger partial charge in [0.1, 0.15) is 11.5 Å². The number of carbonyl (C=O) groups is 1. The molecule has 2 heterocycles. The molecule has 2 rings (SSSR count). The van der Waals surface area contributed by atoms with Gasteiger partial charge in [-0.05, 0) is 31.4 Å². The Morgan fingerprint density at radius 2 is 2.42 bits per heavy atom. The van der Waals surface area contributed by atoms with Crippen LogP contribution < -0.4 is 5.32 Å². The Hall–Kier alpha value is -1.62. The van der Waals surface area contributed by atoms with Gasteiger partial charge in [-0.2, -0.15) is 0 Å². The first-order valence-corrected chi connectivity index (χ1v) is 6.89. The maximum absolute atomic E-state index is 12.4. The van der Waals surface area contributed by atoms with Crippen molar-refractivity contribution in [2.24, 2.45) is 0 Å². The van der Waals surface area contributed by atoms with Gasteiger partial charge in [-0.3, -0.25) is 4.79 Å². The van der Waals surface area contributed by atoms with Crippen LogP contribution in [0.15, 0.2) is 18.2 Å². The highest BCUT2D eigenvalue weighted by Crippen LogP contribution is 2.19. The lowest BCUT2D eigenvalue weighted by Crippen LogP contribution is -2.38. The lowest BCUT2D eigenvalue weighted by Gasteiger charge is -2.22. The topological polar surface area (TPSA) is 65.5 Å². The summed E-state index contributed by atoms with van der Waals surface area (Å²) in [5.41, 5.74) is 0.446. The summed E-state index contributed by atoms with van der Waals surface area (Å²) in [7, 11) is 0. The molecule has 1 aromatic rings. The van der Waals surface area contributed by atoms with Crippen molar-refractivity contribution in [3.8, 4) is 0 Å². The van der Waals surface area contributed by atoms with E-state index in [1.807, 2.05) is 12.1 Å². The van der Waals surface area contributed by atoms with Crippen LogP contribution >= 0.6 is 0 Å². The van der Waals surface area contributed by atoms with Crippen LogP contribution in [-0.2, 0) is 0 Å². The van der Waals surface area contributed by atoms with Crippen molar-refractivity contribution in [1.29, 1.82) is 0 Å². The van der Waals surface area contributed by atoms with Crippen molar-refractivity contribution in [3.05, 3.63) is 23.9 Å². The quantitative estimate of drug-likeness (QED) is 0.845. The predicted octanol–water partition coefficient (Wildman–Crippen LogP) is 1.50. The van der Waals surface area contributed by atoms with E-state index in [0.29, 0.717) is 12.2 Å². The molecule has 0 spiro atoms. The number of aliphatic hydroxyl groups excluding tert-OH is 1. The van der Waals surface area contributed by atoms with Crippen LogP contribution in [0.5, 0.6) is 0 Å². The fourth-order valence-electron chi connectivity index (χ4n) is 2.35. The number of hydrogen-bond acceptors (Lipinski definition) is 4. The summed E-state index contributed by atoms with van der Waals surface area (Å²) in [6.45, 7) is 3.66. The highest BCUT2D eigenvalue weighted by molar-refractivity contribution is 5.93. The van der Waals surface area contributed by atoms with Gasteiger partial charge in [0.05, 0.1) is 12.6 Å². The number of anilines is 1. The third-order valence-electron chi connectivity index (χ3n) is 3.37. The van der Waals surface area contributed by atoms with Gasteiger partial charge in [0.2, 0.25) is 0 Å². The summed E-state index contributed by atoms with van der Waals surface area (Å²) in [6.07, 6.45) is 2.83. The second-order valence-corrected chi connectivity index (χ2v) is 4.81. The van der Waals surface area contributed by atoms with Crippen LogP contribution in [0.1, 0.15) is 36.7 Å². The van der Waals surface area contributed by atoms with Gasteiger partial charge in [-0.1, -0.05) is 13.0 Å². The van der Waals surface area contributed by atoms with Crippen LogP contribution in [0.3, 0.4) is 0 Å². The van der Waals surface area contributed by atoms with Crippen molar-refractivity contribution in [1.82, 2.24) is 9.88 Å². The number of carbonyl (C=O) groups excluding carboxylic acids is 1. The first kappa shape index (κ1) is 13.8. The predicted molar refractivity (Wildman–Crippen MR) is 74.2 cm³/mol. The lowest BCUT2D eigenvalue weighted by atomic mass is 10.2. The zero-order chi connectivity index (χ0) is 13.7. The van der Waals surface area contributed by atoms with Gasteiger partial charge in [0.25, 0.3) is 5.91 Å². The van der Waals surface area contributed by atoms with Crippen LogP contribution in [0, 0.1) is 0 Å². The second kappa shape index (κ2) is 6.52. The minimum Gasteiger partial charge on any atom is -0.394 e. The molecule has 0 saturated carbocycles. The molecule has 1 saturated heterocycles. The molecule has 0 aromatic carbocycles. The molecule has 2 N–H and O–H groups in total. The van der Waals surface area contributed by atoms with Crippen molar-refractivity contribution in [3.63, 3.8) is 0 Å². The smallest absolute Gasteiger partial charge is 0.272 e. The Morgan fingerprint density at radius 3 is 3.16 bits per heavy atom. The third kappa shape index (κ3) is 3.23. The van der Waals surface area contributed by atoms with Crippen LogP contribution in [0.4, 0.5) is 5.82 Å². The van der Waals surface area contributed by atoms with E-state index in [1.54, 1.807) is 11.0 Å².